The molecule has 1 heterocycles. The quantitative estimate of drug-likeness (QED) is 0.401. The van der Waals surface area contributed by atoms with E-state index in [9.17, 15) is 19.2 Å². The number of benzene rings is 3. The Balaban J connectivity index is 1.31. The smallest absolute Gasteiger partial charge is 0.311 e. The maximum atomic E-state index is 13.3. The number of hydrogen-bond acceptors (Lipinski definition) is 6. The van der Waals surface area contributed by atoms with Crippen molar-refractivity contribution in [3.63, 3.8) is 0 Å². The van der Waals surface area contributed by atoms with Crippen LogP contribution in [-0.2, 0) is 23.9 Å². The first-order chi connectivity index (χ1) is 18.4. The molecule has 1 aliphatic rings. The van der Waals surface area contributed by atoms with Crippen LogP contribution in [0.2, 0.25) is 0 Å². The molecule has 9 heteroatoms. The van der Waals surface area contributed by atoms with Gasteiger partial charge in [0.2, 0.25) is 5.91 Å². The number of amides is 3. The van der Waals surface area contributed by atoms with E-state index in [0.717, 1.165) is 16.1 Å². The molecule has 3 aromatic rings. The van der Waals surface area contributed by atoms with Gasteiger partial charge in [0.25, 0.3) is 11.8 Å². The molecule has 196 valence electrons. The summed E-state index contributed by atoms with van der Waals surface area (Å²) < 4.78 is 10.5. The van der Waals surface area contributed by atoms with Crippen molar-refractivity contribution in [3.8, 4) is 5.75 Å². The molecule has 1 fully saturated rings. The molecule has 0 unspecified atom stereocenters. The predicted molar refractivity (Wildman–Crippen MR) is 140 cm³/mol. The molecule has 0 aliphatic carbocycles. The van der Waals surface area contributed by atoms with E-state index in [4.69, 9.17) is 9.47 Å². The van der Waals surface area contributed by atoms with Crippen LogP contribution in [0, 0.1) is 5.92 Å². The van der Waals surface area contributed by atoms with Gasteiger partial charge in [0, 0.05) is 12.1 Å². The second-order valence-corrected chi connectivity index (χ2v) is 8.75. The van der Waals surface area contributed by atoms with Crippen molar-refractivity contribution in [2.24, 2.45) is 5.92 Å². The molecular formula is C29H29N3O6. The number of carbonyl (C=O) groups is 4. The molecule has 0 spiro atoms. The molecule has 0 radical (unpaired) electrons. The maximum absolute atomic E-state index is 13.3. The Bertz CT molecular complexity index is 1220. The van der Waals surface area contributed by atoms with Crippen LogP contribution in [0.1, 0.15) is 30.4 Å². The van der Waals surface area contributed by atoms with E-state index in [-0.39, 0.29) is 18.9 Å². The summed E-state index contributed by atoms with van der Waals surface area (Å²) in [6.07, 6.45) is -0.124. The van der Waals surface area contributed by atoms with Gasteiger partial charge in [-0.15, -0.1) is 0 Å². The lowest BCUT2D eigenvalue weighted by Gasteiger charge is -2.23. The van der Waals surface area contributed by atoms with Gasteiger partial charge in [-0.3, -0.25) is 29.6 Å². The second-order valence-electron chi connectivity index (χ2n) is 8.75. The van der Waals surface area contributed by atoms with E-state index in [1.807, 2.05) is 67.6 Å². The molecule has 0 aromatic heterocycles. The highest BCUT2D eigenvalue weighted by Crippen LogP contribution is 2.26. The van der Waals surface area contributed by atoms with Crippen LogP contribution in [0.4, 0.5) is 5.69 Å². The van der Waals surface area contributed by atoms with Crippen molar-refractivity contribution in [1.29, 1.82) is 0 Å². The van der Waals surface area contributed by atoms with Gasteiger partial charge in [-0.1, -0.05) is 60.7 Å². The number of hydrogen-bond donors (Lipinski definition) is 2. The Hall–Kier alpha value is -4.66. The Morgan fingerprint density at radius 2 is 1.53 bits per heavy atom. The Kier molecular flexibility index (Phi) is 8.71. The predicted octanol–water partition coefficient (Wildman–Crippen LogP) is 3.28. The summed E-state index contributed by atoms with van der Waals surface area (Å²) in [5, 5.41) is 3.78. The molecule has 1 aliphatic heterocycles. The van der Waals surface area contributed by atoms with E-state index in [1.165, 1.54) is 0 Å². The summed E-state index contributed by atoms with van der Waals surface area (Å²) in [6.45, 7) is 1.88. The lowest BCUT2D eigenvalue weighted by Crippen LogP contribution is -2.45. The van der Waals surface area contributed by atoms with Gasteiger partial charge in [-0.2, -0.15) is 0 Å². The minimum absolute atomic E-state index is 0.0415. The molecule has 0 saturated carbocycles. The van der Waals surface area contributed by atoms with Gasteiger partial charge < -0.3 is 14.8 Å². The van der Waals surface area contributed by atoms with Gasteiger partial charge in [0.1, 0.15) is 5.75 Å². The molecule has 9 nitrogen and oxygen atoms in total. The summed E-state index contributed by atoms with van der Waals surface area (Å²) in [4.78, 5) is 50.6. The Morgan fingerprint density at radius 1 is 0.921 bits per heavy atom. The number of nitrogens with one attached hydrogen (secondary N) is 2. The topological polar surface area (TPSA) is 114 Å². The molecule has 38 heavy (non-hydrogen) atoms. The van der Waals surface area contributed by atoms with E-state index >= 15 is 0 Å². The van der Waals surface area contributed by atoms with Crippen molar-refractivity contribution >= 4 is 29.4 Å². The van der Waals surface area contributed by atoms with Crippen LogP contribution in [0.3, 0.4) is 0 Å². The van der Waals surface area contributed by atoms with Crippen LogP contribution in [-0.4, -0.2) is 48.5 Å². The van der Waals surface area contributed by atoms with Crippen LogP contribution < -0.4 is 15.5 Å². The SMILES string of the molecule is CCOc1ccc(NC(=O)COC(=O)[C@H]2CC(=O)N(NC(=O)C(c3ccccc3)c3ccccc3)C2)cc1. The first kappa shape index (κ1) is 26.4. The van der Waals surface area contributed by atoms with E-state index in [0.29, 0.717) is 18.0 Å². The van der Waals surface area contributed by atoms with E-state index in [1.54, 1.807) is 24.3 Å². The van der Waals surface area contributed by atoms with Gasteiger partial charge in [-0.25, -0.2) is 0 Å². The molecule has 3 amide bonds. The summed E-state index contributed by atoms with van der Waals surface area (Å²) >= 11 is 0. The summed E-state index contributed by atoms with van der Waals surface area (Å²) in [5.41, 5.74) is 4.75. The number of nitrogens with zero attached hydrogens (tertiary/aromatic N) is 1. The normalized spacial score (nSPS) is 14.7. The summed E-state index contributed by atoms with van der Waals surface area (Å²) in [5.74, 6) is -2.74. The maximum Gasteiger partial charge on any atom is 0.311 e. The average Bonchev–Trinajstić information content (AvgIpc) is 3.30. The Labute approximate surface area is 220 Å². The minimum atomic E-state index is -0.798. The number of ether oxygens (including phenoxy) is 2. The number of carbonyl (C=O) groups excluding carboxylic acids is 4. The zero-order chi connectivity index (χ0) is 26.9. The third-order valence-electron chi connectivity index (χ3n) is 6.03. The molecule has 2 N–H and O–H groups in total. The van der Waals surface area contributed by atoms with Gasteiger partial charge in [-0.05, 0) is 42.3 Å². The highest BCUT2D eigenvalue weighted by molar-refractivity contribution is 5.94. The fourth-order valence-corrected chi connectivity index (χ4v) is 4.21. The molecular weight excluding hydrogens is 486 g/mol. The first-order valence-electron chi connectivity index (χ1n) is 12.3. The standard InChI is InChI=1S/C29H29N3O6/c1-2-37-24-15-13-23(14-16-24)30-25(33)19-38-29(36)22-17-26(34)32(18-22)31-28(35)27(20-9-5-3-6-10-20)21-11-7-4-8-12-21/h3-16,22,27H,2,17-19H2,1H3,(H,30,33)(H,31,35)/t22-/m0/s1. The number of esters is 1. The van der Waals surface area contributed by atoms with Gasteiger partial charge in [0.15, 0.2) is 6.61 Å². The first-order valence-corrected chi connectivity index (χ1v) is 12.3. The van der Waals surface area contributed by atoms with E-state index < -0.39 is 36.2 Å². The molecule has 1 saturated heterocycles. The van der Waals surface area contributed by atoms with Crippen molar-refractivity contribution in [2.75, 3.05) is 25.1 Å². The average molecular weight is 516 g/mol. The van der Waals surface area contributed by atoms with Crippen molar-refractivity contribution in [2.45, 2.75) is 19.3 Å². The van der Waals surface area contributed by atoms with Crippen molar-refractivity contribution < 1.29 is 28.7 Å². The monoisotopic (exact) mass is 515 g/mol. The third-order valence-corrected chi connectivity index (χ3v) is 6.03. The van der Waals surface area contributed by atoms with Crippen LogP contribution in [0.5, 0.6) is 5.75 Å². The minimum Gasteiger partial charge on any atom is -0.494 e. The zero-order valence-corrected chi connectivity index (χ0v) is 21.0. The van der Waals surface area contributed by atoms with Gasteiger partial charge >= 0.3 is 5.97 Å². The fourth-order valence-electron chi connectivity index (χ4n) is 4.21. The van der Waals surface area contributed by atoms with Crippen molar-refractivity contribution in [1.82, 2.24) is 10.4 Å². The number of hydrazine groups is 1. The second kappa shape index (κ2) is 12.5. The summed E-state index contributed by atoms with van der Waals surface area (Å²) in [6, 6.07) is 25.3. The highest BCUT2D eigenvalue weighted by atomic mass is 16.5. The molecule has 3 aromatic carbocycles. The largest absolute Gasteiger partial charge is 0.494 e. The van der Waals surface area contributed by atoms with Gasteiger partial charge in [0.05, 0.1) is 25.0 Å². The molecule has 0 bridgehead atoms. The molecule has 1 atom stereocenters. The van der Waals surface area contributed by atoms with E-state index in [2.05, 4.69) is 10.7 Å². The number of rotatable bonds is 10. The lowest BCUT2D eigenvalue weighted by molar-refractivity contribution is -0.151. The zero-order valence-electron chi connectivity index (χ0n) is 21.0. The fraction of sp³-hybridized carbons (Fsp3) is 0.241. The number of anilines is 1. The Morgan fingerprint density at radius 3 is 2.11 bits per heavy atom. The third kappa shape index (κ3) is 6.76. The molecule has 4 rings (SSSR count). The van der Waals surface area contributed by atoms with Crippen LogP contribution in [0.15, 0.2) is 84.9 Å². The highest BCUT2D eigenvalue weighted by Gasteiger charge is 2.37. The lowest BCUT2D eigenvalue weighted by atomic mass is 9.91. The van der Waals surface area contributed by atoms with Crippen LogP contribution in [0.25, 0.3) is 0 Å². The van der Waals surface area contributed by atoms with Crippen LogP contribution >= 0.6 is 0 Å². The summed E-state index contributed by atoms with van der Waals surface area (Å²) in [7, 11) is 0. The van der Waals surface area contributed by atoms with Crippen molar-refractivity contribution in [3.05, 3.63) is 96.1 Å².